The fourth-order valence-corrected chi connectivity index (χ4v) is 2.77. The first-order chi connectivity index (χ1) is 9.65. The molecule has 20 heavy (non-hydrogen) atoms. The van der Waals surface area contributed by atoms with E-state index in [1.54, 1.807) is 25.3 Å². The quantitative estimate of drug-likeness (QED) is 0.887. The van der Waals surface area contributed by atoms with Crippen LogP contribution in [0.5, 0.6) is 5.75 Å². The van der Waals surface area contributed by atoms with Crippen molar-refractivity contribution in [2.45, 2.75) is 31.7 Å². The number of hydrogen-bond donors (Lipinski definition) is 1. The standard InChI is InChI=1S/C15H19N3O2/c1-20-13-7-6-11(9-16)14(8-13)18(10-15(17)19)12-4-2-3-5-12/h6-8,12H,2-5,10H2,1H3,(H2,17,19). The molecule has 1 aromatic rings. The summed E-state index contributed by atoms with van der Waals surface area (Å²) in [6.07, 6.45) is 4.34. The van der Waals surface area contributed by atoms with Crippen LogP contribution in [0.15, 0.2) is 18.2 Å². The van der Waals surface area contributed by atoms with Crippen molar-refractivity contribution in [2.24, 2.45) is 5.73 Å². The number of benzene rings is 1. The summed E-state index contributed by atoms with van der Waals surface area (Å²) in [5.74, 6) is 0.287. The number of carbonyl (C=O) groups excluding carboxylic acids is 1. The topological polar surface area (TPSA) is 79.3 Å². The van der Waals surface area contributed by atoms with Gasteiger partial charge in [-0.3, -0.25) is 4.79 Å². The van der Waals surface area contributed by atoms with Crippen LogP contribution in [0.4, 0.5) is 5.69 Å². The van der Waals surface area contributed by atoms with Gasteiger partial charge in [0.2, 0.25) is 5.91 Å². The Labute approximate surface area is 118 Å². The molecule has 0 atom stereocenters. The van der Waals surface area contributed by atoms with Crippen molar-refractivity contribution in [1.82, 2.24) is 0 Å². The average Bonchev–Trinajstić information content (AvgIpc) is 2.97. The van der Waals surface area contributed by atoms with Crippen LogP contribution in [0.1, 0.15) is 31.2 Å². The van der Waals surface area contributed by atoms with E-state index in [1.165, 1.54) is 0 Å². The Kier molecular flexibility index (Phi) is 4.46. The van der Waals surface area contributed by atoms with Gasteiger partial charge in [-0.1, -0.05) is 12.8 Å². The molecule has 2 N–H and O–H groups in total. The van der Waals surface area contributed by atoms with Gasteiger partial charge in [-0.15, -0.1) is 0 Å². The highest BCUT2D eigenvalue weighted by Crippen LogP contribution is 2.32. The van der Waals surface area contributed by atoms with Crippen molar-refractivity contribution in [3.05, 3.63) is 23.8 Å². The molecular weight excluding hydrogens is 254 g/mol. The molecule has 0 unspecified atom stereocenters. The second-order valence-corrected chi connectivity index (χ2v) is 5.03. The van der Waals surface area contributed by atoms with Crippen molar-refractivity contribution in [3.63, 3.8) is 0 Å². The Bertz CT molecular complexity index is 530. The molecule has 0 bridgehead atoms. The summed E-state index contributed by atoms with van der Waals surface area (Å²) in [4.78, 5) is 13.3. The van der Waals surface area contributed by atoms with E-state index in [0.717, 1.165) is 31.4 Å². The zero-order chi connectivity index (χ0) is 14.5. The lowest BCUT2D eigenvalue weighted by Crippen LogP contribution is -2.40. The summed E-state index contributed by atoms with van der Waals surface area (Å²) in [5, 5.41) is 9.27. The highest BCUT2D eigenvalue weighted by atomic mass is 16.5. The lowest BCUT2D eigenvalue weighted by molar-refractivity contribution is -0.116. The van der Waals surface area contributed by atoms with Gasteiger partial charge in [0.15, 0.2) is 0 Å². The minimum Gasteiger partial charge on any atom is -0.497 e. The molecule has 5 heteroatoms. The molecule has 1 fully saturated rings. The van der Waals surface area contributed by atoms with Gasteiger partial charge in [0.05, 0.1) is 24.9 Å². The minimum absolute atomic E-state index is 0.131. The zero-order valence-corrected chi connectivity index (χ0v) is 11.6. The van der Waals surface area contributed by atoms with Crippen LogP contribution in [0, 0.1) is 11.3 Å². The Morgan fingerprint density at radius 1 is 1.50 bits per heavy atom. The van der Waals surface area contributed by atoms with Crippen LogP contribution in [-0.4, -0.2) is 25.6 Å². The number of primary amides is 1. The van der Waals surface area contributed by atoms with E-state index in [0.29, 0.717) is 11.3 Å². The van der Waals surface area contributed by atoms with Gasteiger partial charge in [0, 0.05) is 12.1 Å². The molecule has 1 aliphatic carbocycles. The number of amides is 1. The third-order valence-corrected chi connectivity index (χ3v) is 3.73. The number of nitriles is 1. The lowest BCUT2D eigenvalue weighted by Gasteiger charge is -2.30. The molecular formula is C15H19N3O2. The summed E-state index contributed by atoms with van der Waals surface area (Å²) in [5.41, 5.74) is 6.64. The third kappa shape index (κ3) is 3.02. The first-order valence-electron chi connectivity index (χ1n) is 6.78. The van der Waals surface area contributed by atoms with E-state index in [-0.39, 0.29) is 18.5 Å². The summed E-state index contributed by atoms with van der Waals surface area (Å²) in [6.45, 7) is 0.131. The third-order valence-electron chi connectivity index (χ3n) is 3.73. The number of nitrogens with zero attached hydrogens (tertiary/aromatic N) is 2. The van der Waals surface area contributed by atoms with Gasteiger partial charge >= 0.3 is 0 Å². The molecule has 0 heterocycles. The monoisotopic (exact) mass is 273 g/mol. The molecule has 1 aromatic carbocycles. The molecule has 0 aliphatic heterocycles. The smallest absolute Gasteiger partial charge is 0.236 e. The van der Waals surface area contributed by atoms with Crippen molar-refractivity contribution >= 4 is 11.6 Å². The second-order valence-electron chi connectivity index (χ2n) is 5.03. The predicted molar refractivity (Wildman–Crippen MR) is 76.5 cm³/mol. The largest absolute Gasteiger partial charge is 0.497 e. The van der Waals surface area contributed by atoms with Crippen LogP contribution < -0.4 is 15.4 Å². The van der Waals surface area contributed by atoms with E-state index in [4.69, 9.17) is 10.5 Å². The maximum atomic E-state index is 11.4. The number of anilines is 1. The molecule has 0 spiro atoms. The number of methoxy groups -OCH3 is 1. The maximum Gasteiger partial charge on any atom is 0.236 e. The van der Waals surface area contributed by atoms with Crippen LogP contribution in [0.25, 0.3) is 0 Å². The Balaban J connectivity index is 2.40. The predicted octanol–water partition coefficient (Wildman–Crippen LogP) is 1.80. The minimum atomic E-state index is -0.386. The number of ether oxygens (including phenoxy) is 1. The Morgan fingerprint density at radius 2 is 2.20 bits per heavy atom. The first-order valence-corrected chi connectivity index (χ1v) is 6.78. The van der Waals surface area contributed by atoms with E-state index in [1.807, 2.05) is 4.90 Å². The highest BCUT2D eigenvalue weighted by Gasteiger charge is 2.26. The van der Waals surface area contributed by atoms with Gasteiger partial charge in [0.25, 0.3) is 0 Å². The molecule has 1 aliphatic rings. The first kappa shape index (κ1) is 14.2. The fourth-order valence-electron chi connectivity index (χ4n) is 2.77. The van der Waals surface area contributed by atoms with Crippen LogP contribution >= 0.6 is 0 Å². The van der Waals surface area contributed by atoms with Crippen LogP contribution in [0.2, 0.25) is 0 Å². The van der Waals surface area contributed by atoms with E-state index < -0.39 is 0 Å². The maximum absolute atomic E-state index is 11.4. The lowest BCUT2D eigenvalue weighted by atomic mass is 10.1. The Hall–Kier alpha value is -2.22. The van der Waals surface area contributed by atoms with Crippen molar-refractivity contribution < 1.29 is 9.53 Å². The highest BCUT2D eigenvalue weighted by molar-refractivity contribution is 5.81. The summed E-state index contributed by atoms with van der Waals surface area (Å²) in [7, 11) is 1.58. The molecule has 5 nitrogen and oxygen atoms in total. The van der Waals surface area contributed by atoms with Gasteiger partial charge in [-0.25, -0.2) is 0 Å². The van der Waals surface area contributed by atoms with E-state index in [2.05, 4.69) is 6.07 Å². The second kappa shape index (κ2) is 6.29. The summed E-state index contributed by atoms with van der Waals surface area (Å²) in [6, 6.07) is 7.71. The zero-order valence-electron chi connectivity index (χ0n) is 11.6. The van der Waals surface area contributed by atoms with Gasteiger partial charge in [0.1, 0.15) is 11.8 Å². The number of nitrogens with two attached hydrogens (primary N) is 1. The van der Waals surface area contributed by atoms with E-state index >= 15 is 0 Å². The molecule has 2 rings (SSSR count). The molecule has 0 aromatic heterocycles. The molecule has 0 saturated heterocycles. The molecule has 1 amide bonds. The van der Waals surface area contributed by atoms with E-state index in [9.17, 15) is 10.1 Å². The van der Waals surface area contributed by atoms with Crippen molar-refractivity contribution in [2.75, 3.05) is 18.6 Å². The van der Waals surface area contributed by atoms with Crippen molar-refractivity contribution in [1.29, 1.82) is 5.26 Å². The Morgan fingerprint density at radius 3 is 2.75 bits per heavy atom. The summed E-state index contributed by atoms with van der Waals surface area (Å²) < 4.78 is 5.22. The van der Waals surface area contributed by atoms with Gasteiger partial charge in [-0.2, -0.15) is 5.26 Å². The normalized spacial score (nSPS) is 14.8. The number of carbonyl (C=O) groups is 1. The van der Waals surface area contributed by atoms with Crippen LogP contribution in [-0.2, 0) is 4.79 Å². The average molecular weight is 273 g/mol. The number of hydrogen-bond acceptors (Lipinski definition) is 4. The molecule has 1 saturated carbocycles. The van der Waals surface area contributed by atoms with Gasteiger partial charge < -0.3 is 15.4 Å². The molecule has 106 valence electrons. The number of rotatable bonds is 5. The summed E-state index contributed by atoms with van der Waals surface area (Å²) >= 11 is 0. The van der Waals surface area contributed by atoms with Crippen LogP contribution in [0.3, 0.4) is 0 Å². The van der Waals surface area contributed by atoms with Crippen molar-refractivity contribution in [3.8, 4) is 11.8 Å². The molecule has 0 radical (unpaired) electrons. The fraction of sp³-hybridized carbons (Fsp3) is 0.467. The van der Waals surface area contributed by atoms with Gasteiger partial charge in [-0.05, 0) is 25.0 Å². The SMILES string of the molecule is COc1ccc(C#N)c(N(CC(N)=O)C2CCCC2)c1.